The van der Waals surface area contributed by atoms with E-state index in [2.05, 4.69) is 36.1 Å². The van der Waals surface area contributed by atoms with Crippen molar-refractivity contribution in [2.24, 2.45) is 11.7 Å². The summed E-state index contributed by atoms with van der Waals surface area (Å²) in [7, 11) is 0. The van der Waals surface area contributed by atoms with Crippen LogP contribution in [0.3, 0.4) is 0 Å². The summed E-state index contributed by atoms with van der Waals surface area (Å²) < 4.78 is 0. The average Bonchev–Trinajstić information content (AvgIpc) is 2.54. The molecule has 1 amide bonds. The standard InChI is InChI=1S/C17H27N3O/c1-3-14(2)16(18)17(21)20-11-9-19(10-12-20)13-15-7-5-4-6-8-15/h4-8,14,16H,3,9-13,18H2,1-2H3/t14-,16+/m0/s1. The molecule has 1 heterocycles. The van der Waals surface area contributed by atoms with Crippen molar-refractivity contribution >= 4 is 5.91 Å². The molecule has 0 aliphatic carbocycles. The van der Waals surface area contributed by atoms with E-state index in [9.17, 15) is 4.79 Å². The molecular formula is C17H27N3O. The van der Waals surface area contributed by atoms with Crippen LogP contribution < -0.4 is 5.73 Å². The molecule has 0 aromatic heterocycles. The summed E-state index contributed by atoms with van der Waals surface area (Å²) in [6, 6.07) is 10.1. The Bertz CT molecular complexity index is 441. The Morgan fingerprint density at radius 1 is 1.19 bits per heavy atom. The zero-order valence-corrected chi connectivity index (χ0v) is 13.2. The molecule has 2 atom stereocenters. The Hall–Kier alpha value is -1.39. The van der Waals surface area contributed by atoms with E-state index >= 15 is 0 Å². The van der Waals surface area contributed by atoms with Crippen LogP contribution in [0.15, 0.2) is 30.3 Å². The van der Waals surface area contributed by atoms with Gasteiger partial charge in [-0.2, -0.15) is 0 Å². The van der Waals surface area contributed by atoms with Gasteiger partial charge in [-0.3, -0.25) is 9.69 Å². The molecule has 1 aliphatic heterocycles. The number of benzene rings is 1. The van der Waals surface area contributed by atoms with Gasteiger partial charge in [0.05, 0.1) is 6.04 Å². The topological polar surface area (TPSA) is 49.6 Å². The molecule has 0 radical (unpaired) electrons. The third-order valence-electron chi connectivity index (χ3n) is 4.48. The molecule has 4 nitrogen and oxygen atoms in total. The lowest BCUT2D eigenvalue weighted by molar-refractivity contribution is -0.135. The van der Waals surface area contributed by atoms with E-state index in [0.717, 1.165) is 39.1 Å². The van der Waals surface area contributed by atoms with Gasteiger partial charge in [-0.15, -0.1) is 0 Å². The van der Waals surface area contributed by atoms with Gasteiger partial charge in [-0.05, 0) is 11.5 Å². The molecule has 0 bridgehead atoms. The van der Waals surface area contributed by atoms with E-state index in [-0.39, 0.29) is 17.9 Å². The van der Waals surface area contributed by atoms with Gasteiger partial charge in [0.1, 0.15) is 0 Å². The molecule has 4 heteroatoms. The first-order valence-electron chi connectivity index (χ1n) is 7.92. The van der Waals surface area contributed by atoms with Crippen molar-refractivity contribution in [2.45, 2.75) is 32.9 Å². The smallest absolute Gasteiger partial charge is 0.239 e. The predicted molar refractivity (Wildman–Crippen MR) is 85.7 cm³/mol. The predicted octanol–water partition coefficient (Wildman–Crippen LogP) is 1.70. The summed E-state index contributed by atoms with van der Waals surface area (Å²) in [5.41, 5.74) is 7.38. The van der Waals surface area contributed by atoms with E-state index in [1.165, 1.54) is 5.56 Å². The second-order valence-corrected chi connectivity index (χ2v) is 6.00. The first kappa shape index (κ1) is 16.0. The number of hydrogen-bond acceptors (Lipinski definition) is 3. The number of nitrogens with two attached hydrogens (primary N) is 1. The Labute approximate surface area is 127 Å². The molecule has 21 heavy (non-hydrogen) atoms. The molecule has 0 saturated carbocycles. The summed E-state index contributed by atoms with van der Waals surface area (Å²) in [6.45, 7) is 8.51. The van der Waals surface area contributed by atoms with Gasteiger partial charge in [0.2, 0.25) is 5.91 Å². The molecule has 1 fully saturated rings. The van der Waals surface area contributed by atoms with Crippen molar-refractivity contribution in [1.82, 2.24) is 9.80 Å². The van der Waals surface area contributed by atoms with Crippen molar-refractivity contribution in [3.63, 3.8) is 0 Å². The molecular weight excluding hydrogens is 262 g/mol. The van der Waals surface area contributed by atoms with E-state index in [1.54, 1.807) is 0 Å². The van der Waals surface area contributed by atoms with Gasteiger partial charge in [-0.25, -0.2) is 0 Å². The van der Waals surface area contributed by atoms with Crippen LogP contribution in [0.5, 0.6) is 0 Å². The highest BCUT2D eigenvalue weighted by Gasteiger charge is 2.27. The molecule has 116 valence electrons. The number of carbonyl (C=O) groups is 1. The Balaban J connectivity index is 1.81. The van der Waals surface area contributed by atoms with E-state index in [0.29, 0.717) is 0 Å². The number of nitrogens with zero attached hydrogens (tertiary/aromatic N) is 2. The molecule has 1 aliphatic rings. The fourth-order valence-electron chi connectivity index (χ4n) is 2.68. The quantitative estimate of drug-likeness (QED) is 0.897. The largest absolute Gasteiger partial charge is 0.339 e. The molecule has 2 N–H and O–H groups in total. The summed E-state index contributed by atoms with van der Waals surface area (Å²) in [5.74, 6) is 0.364. The third kappa shape index (κ3) is 4.29. The highest BCUT2D eigenvalue weighted by Crippen LogP contribution is 2.12. The maximum absolute atomic E-state index is 12.3. The van der Waals surface area contributed by atoms with Crippen molar-refractivity contribution in [1.29, 1.82) is 0 Å². The van der Waals surface area contributed by atoms with Crippen molar-refractivity contribution in [2.75, 3.05) is 26.2 Å². The van der Waals surface area contributed by atoms with Gasteiger partial charge in [0.15, 0.2) is 0 Å². The van der Waals surface area contributed by atoms with Crippen LogP contribution in [-0.2, 0) is 11.3 Å². The number of carbonyl (C=O) groups excluding carboxylic acids is 1. The number of amides is 1. The van der Waals surface area contributed by atoms with E-state index in [1.807, 2.05) is 17.9 Å². The second kappa shape index (κ2) is 7.57. The Morgan fingerprint density at radius 3 is 2.38 bits per heavy atom. The van der Waals surface area contributed by atoms with E-state index in [4.69, 9.17) is 5.73 Å². The van der Waals surface area contributed by atoms with Crippen LogP contribution >= 0.6 is 0 Å². The maximum Gasteiger partial charge on any atom is 0.239 e. The Morgan fingerprint density at radius 2 is 1.81 bits per heavy atom. The zero-order valence-electron chi connectivity index (χ0n) is 13.2. The lowest BCUT2D eigenvalue weighted by Gasteiger charge is -2.36. The monoisotopic (exact) mass is 289 g/mol. The van der Waals surface area contributed by atoms with Gasteiger partial charge in [-0.1, -0.05) is 50.6 Å². The normalized spacial score (nSPS) is 19.3. The van der Waals surface area contributed by atoms with Crippen LogP contribution in [0.2, 0.25) is 0 Å². The van der Waals surface area contributed by atoms with Gasteiger partial charge >= 0.3 is 0 Å². The fraction of sp³-hybridized carbons (Fsp3) is 0.588. The van der Waals surface area contributed by atoms with Crippen molar-refractivity contribution in [3.05, 3.63) is 35.9 Å². The van der Waals surface area contributed by atoms with E-state index < -0.39 is 0 Å². The van der Waals surface area contributed by atoms with Crippen molar-refractivity contribution in [3.8, 4) is 0 Å². The minimum Gasteiger partial charge on any atom is -0.339 e. The van der Waals surface area contributed by atoms with Gasteiger partial charge in [0, 0.05) is 32.7 Å². The SMILES string of the molecule is CC[C@H](C)[C@@H](N)C(=O)N1CCN(Cc2ccccc2)CC1. The Kier molecular flexibility index (Phi) is 5.76. The molecule has 0 unspecified atom stereocenters. The first-order chi connectivity index (χ1) is 10.1. The number of rotatable bonds is 5. The highest BCUT2D eigenvalue weighted by molar-refractivity contribution is 5.82. The molecule has 0 spiro atoms. The lowest BCUT2D eigenvalue weighted by Crippen LogP contribution is -2.54. The highest BCUT2D eigenvalue weighted by atomic mass is 16.2. The van der Waals surface area contributed by atoms with Crippen LogP contribution in [0.1, 0.15) is 25.8 Å². The van der Waals surface area contributed by atoms with Gasteiger partial charge in [0.25, 0.3) is 0 Å². The molecule has 2 rings (SSSR count). The van der Waals surface area contributed by atoms with Crippen molar-refractivity contribution < 1.29 is 4.79 Å². The third-order valence-corrected chi connectivity index (χ3v) is 4.48. The molecule has 1 aromatic rings. The van der Waals surface area contributed by atoms with Crippen LogP contribution in [0, 0.1) is 5.92 Å². The zero-order chi connectivity index (χ0) is 15.2. The summed E-state index contributed by atoms with van der Waals surface area (Å²) in [6.07, 6.45) is 0.945. The molecule has 1 saturated heterocycles. The van der Waals surface area contributed by atoms with Crippen LogP contribution in [0.4, 0.5) is 0 Å². The second-order valence-electron chi connectivity index (χ2n) is 6.00. The van der Waals surface area contributed by atoms with Crippen LogP contribution in [-0.4, -0.2) is 47.9 Å². The summed E-state index contributed by atoms with van der Waals surface area (Å²) >= 11 is 0. The van der Waals surface area contributed by atoms with Gasteiger partial charge < -0.3 is 10.6 Å². The van der Waals surface area contributed by atoms with Crippen LogP contribution in [0.25, 0.3) is 0 Å². The average molecular weight is 289 g/mol. The first-order valence-corrected chi connectivity index (χ1v) is 7.92. The minimum absolute atomic E-state index is 0.115. The molecule has 1 aromatic carbocycles. The fourth-order valence-corrected chi connectivity index (χ4v) is 2.68. The maximum atomic E-state index is 12.3. The number of piperazine rings is 1. The summed E-state index contributed by atoms with van der Waals surface area (Å²) in [4.78, 5) is 16.7. The lowest BCUT2D eigenvalue weighted by atomic mass is 9.98. The minimum atomic E-state index is -0.351. The number of hydrogen-bond donors (Lipinski definition) is 1. The summed E-state index contributed by atoms with van der Waals surface area (Å²) in [5, 5.41) is 0.